The molecule has 1 aromatic rings. The predicted molar refractivity (Wildman–Crippen MR) is 59.5 cm³/mol. The van der Waals surface area contributed by atoms with Gasteiger partial charge in [0, 0.05) is 6.20 Å². The first kappa shape index (κ1) is 12.5. The second kappa shape index (κ2) is 4.98. The van der Waals surface area contributed by atoms with Crippen molar-refractivity contribution in [2.45, 2.75) is 39.3 Å². The van der Waals surface area contributed by atoms with Crippen molar-refractivity contribution in [3.05, 3.63) is 18.0 Å². The van der Waals surface area contributed by atoms with Gasteiger partial charge in [-0.25, -0.2) is 10.2 Å². The number of amides is 1. The Morgan fingerprint density at radius 2 is 2.25 bits per heavy atom. The van der Waals surface area contributed by atoms with Gasteiger partial charge >= 0.3 is 6.09 Å². The molecule has 0 aromatic carbocycles. The number of aromatic amines is 1. The van der Waals surface area contributed by atoms with Gasteiger partial charge in [0.05, 0.1) is 11.7 Å². The molecule has 0 saturated heterocycles. The first-order valence-electron chi connectivity index (χ1n) is 5.12. The van der Waals surface area contributed by atoms with Crippen LogP contribution in [0.2, 0.25) is 0 Å². The number of hydrogen-bond donors (Lipinski definition) is 3. The minimum atomic E-state index is -0.501. The fourth-order valence-electron chi connectivity index (χ4n) is 1.06. The van der Waals surface area contributed by atoms with Crippen molar-refractivity contribution in [1.82, 2.24) is 21.0 Å². The van der Waals surface area contributed by atoms with Crippen molar-refractivity contribution in [2.75, 3.05) is 0 Å². The molecule has 1 rings (SSSR count). The van der Waals surface area contributed by atoms with Crippen LogP contribution in [0.15, 0.2) is 12.3 Å². The number of carbonyl (C=O) groups excluding carboxylic acids is 1. The molecule has 0 aliphatic carbocycles. The van der Waals surface area contributed by atoms with E-state index >= 15 is 0 Å². The maximum absolute atomic E-state index is 11.3. The zero-order chi connectivity index (χ0) is 12.2. The number of carbonyl (C=O) groups is 1. The number of hydrazine groups is 1. The minimum absolute atomic E-state index is 0.0602. The van der Waals surface area contributed by atoms with Crippen LogP contribution < -0.4 is 10.9 Å². The van der Waals surface area contributed by atoms with Crippen LogP contribution in [0.25, 0.3) is 0 Å². The highest BCUT2D eigenvalue weighted by Gasteiger charge is 2.16. The van der Waals surface area contributed by atoms with Gasteiger partial charge in [-0.1, -0.05) is 0 Å². The lowest BCUT2D eigenvalue weighted by Crippen LogP contribution is -2.42. The van der Waals surface area contributed by atoms with E-state index in [2.05, 4.69) is 21.0 Å². The van der Waals surface area contributed by atoms with E-state index in [1.54, 1.807) is 6.20 Å². The molecule has 90 valence electrons. The third kappa shape index (κ3) is 4.31. The zero-order valence-electron chi connectivity index (χ0n) is 10.00. The lowest BCUT2D eigenvalue weighted by Gasteiger charge is -2.21. The van der Waals surface area contributed by atoms with Crippen molar-refractivity contribution in [2.24, 2.45) is 0 Å². The molecule has 16 heavy (non-hydrogen) atoms. The van der Waals surface area contributed by atoms with Crippen molar-refractivity contribution in [3.8, 4) is 0 Å². The molecule has 1 amide bonds. The summed E-state index contributed by atoms with van der Waals surface area (Å²) in [6.07, 6.45) is 1.15. The third-order valence-electron chi connectivity index (χ3n) is 1.78. The molecule has 6 nitrogen and oxygen atoms in total. The molecule has 1 heterocycles. The Labute approximate surface area is 94.7 Å². The molecular formula is C10H18N4O2. The normalized spacial score (nSPS) is 13.2. The first-order chi connectivity index (χ1) is 7.38. The lowest BCUT2D eigenvalue weighted by molar-refractivity contribution is 0.0489. The van der Waals surface area contributed by atoms with Gasteiger partial charge in [0.15, 0.2) is 0 Å². The highest BCUT2D eigenvalue weighted by molar-refractivity contribution is 5.67. The lowest BCUT2D eigenvalue weighted by atomic mass is 10.2. The number of aromatic nitrogens is 2. The number of ether oxygens (including phenoxy) is 1. The van der Waals surface area contributed by atoms with Crippen molar-refractivity contribution < 1.29 is 9.53 Å². The summed E-state index contributed by atoms with van der Waals surface area (Å²) in [5.74, 6) is 0. The average Bonchev–Trinajstić information content (AvgIpc) is 2.64. The molecule has 0 saturated carbocycles. The highest BCUT2D eigenvalue weighted by Crippen LogP contribution is 2.08. The smallest absolute Gasteiger partial charge is 0.422 e. The molecule has 0 radical (unpaired) electrons. The van der Waals surface area contributed by atoms with E-state index in [0.29, 0.717) is 0 Å². The Morgan fingerprint density at radius 1 is 1.56 bits per heavy atom. The van der Waals surface area contributed by atoms with Gasteiger partial charge in [-0.3, -0.25) is 10.5 Å². The summed E-state index contributed by atoms with van der Waals surface area (Å²) in [5, 5.41) is 6.63. The SMILES string of the molecule is CC(NNC(=O)OC(C)(C)C)c1ccn[nH]1. The molecule has 0 fully saturated rings. The van der Waals surface area contributed by atoms with Crippen LogP contribution in [0.5, 0.6) is 0 Å². The van der Waals surface area contributed by atoms with E-state index in [0.717, 1.165) is 5.69 Å². The average molecular weight is 226 g/mol. The standard InChI is InChI=1S/C10H18N4O2/c1-7(8-5-6-11-13-8)12-14-9(15)16-10(2,3)4/h5-7,12H,1-4H3,(H,11,13)(H,14,15). The van der Waals surface area contributed by atoms with E-state index in [4.69, 9.17) is 4.74 Å². The summed E-state index contributed by atoms with van der Waals surface area (Å²) in [5.41, 5.74) is 5.67. The topological polar surface area (TPSA) is 79.0 Å². The molecule has 1 atom stereocenters. The van der Waals surface area contributed by atoms with Gasteiger partial charge in [-0.15, -0.1) is 0 Å². The Morgan fingerprint density at radius 3 is 2.75 bits per heavy atom. The molecule has 6 heteroatoms. The van der Waals surface area contributed by atoms with Gasteiger partial charge in [0.2, 0.25) is 0 Å². The summed E-state index contributed by atoms with van der Waals surface area (Å²) in [4.78, 5) is 11.3. The molecule has 0 aliphatic heterocycles. The minimum Gasteiger partial charge on any atom is -0.443 e. The quantitative estimate of drug-likeness (QED) is 0.682. The maximum atomic E-state index is 11.3. The van der Waals surface area contributed by atoms with E-state index in [-0.39, 0.29) is 6.04 Å². The highest BCUT2D eigenvalue weighted by atomic mass is 16.6. The second-order valence-corrected chi connectivity index (χ2v) is 4.50. The van der Waals surface area contributed by atoms with Gasteiger partial charge in [0.1, 0.15) is 5.60 Å². The molecule has 3 N–H and O–H groups in total. The van der Waals surface area contributed by atoms with E-state index < -0.39 is 11.7 Å². The zero-order valence-corrected chi connectivity index (χ0v) is 10.00. The fourth-order valence-corrected chi connectivity index (χ4v) is 1.06. The van der Waals surface area contributed by atoms with Crippen LogP contribution in [0.4, 0.5) is 4.79 Å². The fraction of sp³-hybridized carbons (Fsp3) is 0.600. The Hall–Kier alpha value is -1.56. The monoisotopic (exact) mass is 226 g/mol. The Balaban J connectivity index is 2.32. The number of H-pyrrole nitrogens is 1. The largest absolute Gasteiger partial charge is 0.443 e. The van der Waals surface area contributed by atoms with Gasteiger partial charge in [0.25, 0.3) is 0 Å². The number of nitrogens with zero attached hydrogens (tertiary/aromatic N) is 1. The number of rotatable bonds is 3. The van der Waals surface area contributed by atoms with Crippen LogP contribution in [-0.2, 0) is 4.74 Å². The maximum Gasteiger partial charge on any atom is 0.422 e. The van der Waals surface area contributed by atoms with Crippen molar-refractivity contribution in [1.29, 1.82) is 0 Å². The third-order valence-corrected chi connectivity index (χ3v) is 1.78. The molecule has 0 bridgehead atoms. The van der Waals surface area contributed by atoms with Crippen molar-refractivity contribution in [3.63, 3.8) is 0 Å². The van der Waals surface area contributed by atoms with Gasteiger partial charge in [-0.05, 0) is 33.8 Å². The first-order valence-corrected chi connectivity index (χ1v) is 5.12. The molecule has 1 unspecified atom stereocenters. The summed E-state index contributed by atoms with van der Waals surface area (Å²) in [7, 11) is 0. The van der Waals surface area contributed by atoms with Crippen LogP contribution >= 0.6 is 0 Å². The predicted octanol–water partition coefficient (Wildman–Crippen LogP) is 1.50. The van der Waals surface area contributed by atoms with Gasteiger partial charge < -0.3 is 4.74 Å². The summed E-state index contributed by atoms with van der Waals surface area (Å²) >= 11 is 0. The summed E-state index contributed by atoms with van der Waals surface area (Å²) < 4.78 is 5.07. The molecular weight excluding hydrogens is 208 g/mol. The Bertz CT molecular complexity index is 329. The van der Waals surface area contributed by atoms with Crippen LogP contribution in [0, 0.1) is 0 Å². The molecule has 1 aromatic heterocycles. The summed E-state index contributed by atoms with van der Waals surface area (Å²) in [6.45, 7) is 7.32. The number of nitrogens with one attached hydrogen (secondary N) is 3. The Kier molecular flexibility index (Phi) is 3.89. The van der Waals surface area contributed by atoms with E-state index in [1.807, 2.05) is 33.8 Å². The van der Waals surface area contributed by atoms with Gasteiger partial charge in [-0.2, -0.15) is 5.10 Å². The number of hydrogen-bond acceptors (Lipinski definition) is 4. The van der Waals surface area contributed by atoms with Crippen LogP contribution in [0.3, 0.4) is 0 Å². The van der Waals surface area contributed by atoms with Crippen LogP contribution in [-0.4, -0.2) is 21.9 Å². The molecule has 0 spiro atoms. The van der Waals surface area contributed by atoms with Crippen LogP contribution in [0.1, 0.15) is 39.4 Å². The second-order valence-electron chi connectivity index (χ2n) is 4.50. The van der Waals surface area contributed by atoms with Crippen molar-refractivity contribution >= 4 is 6.09 Å². The summed E-state index contributed by atoms with van der Waals surface area (Å²) in [6, 6.07) is 1.77. The van der Waals surface area contributed by atoms with E-state index in [9.17, 15) is 4.79 Å². The molecule has 0 aliphatic rings. The van der Waals surface area contributed by atoms with E-state index in [1.165, 1.54) is 0 Å².